The van der Waals surface area contributed by atoms with Crippen molar-refractivity contribution in [1.82, 2.24) is 5.32 Å². The second kappa shape index (κ2) is 11.2. The highest BCUT2D eigenvalue weighted by Crippen LogP contribution is 2.22. The molecule has 0 saturated carbocycles. The van der Waals surface area contributed by atoms with Gasteiger partial charge in [0.2, 0.25) is 17.7 Å². The van der Waals surface area contributed by atoms with E-state index in [4.69, 9.17) is 0 Å². The number of rotatable bonds is 8. The van der Waals surface area contributed by atoms with Crippen LogP contribution in [-0.2, 0) is 25.2 Å². The second-order valence-electron chi connectivity index (χ2n) is 9.21. The van der Waals surface area contributed by atoms with Crippen LogP contribution in [0, 0.1) is 20.8 Å². The average molecular weight is 472 g/mol. The van der Waals surface area contributed by atoms with Crippen LogP contribution in [0.4, 0.5) is 11.4 Å². The van der Waals surface area contributed by atoms with Crippen molar-refractivity contribution in [2.24, 2.45) is 0 Å². The van der Waals surface area contributed by atoms with Gasteiger partial charge in [0.25, 0.3) is 0 Å². The zero-order chi connectivity index (χ0) is 24.8. The molecule has 2 rings (SSSR count). The summed E-state index contributed by atoms with van der Waals surface area (Å²) in [6, 6.07) is 12.8. The highest BCUT2D eigenvalue weighted by Gasteiger charge is 2.25. The fourth-order valence-electron chi connectivity index (χ4n) is 3.26. The number of anilines is 2. The molecule has 0 aliphatic heterocycles. The van der Waals surface area contributed by atoms with Gasteiger partial charge in [-0.1, -0.05) is 35.4 Å². The minimum Gasteiger partial charge on any atom is -0.350 e. The monoisotopic (exact) mass is 471 g/mol. The van der Waals surface area contributed by atoms with Gasteiger partial charge in [-0.25, -0.2) is 0 Å². The molecule has 0 spiro atoms. The number of nitrogens with zero attached hydrogens (tertiary/aromatic N) is 1. The lowest BCUT2D eigenvalue weighted by atomic mass is 10.1. The summed E-state index contributed by atoms with van der Waals surface area (Å²) in [6.07, 6.45) is 0. The Bertz CT molecular complexity index is 1040. The van der Waals surface area contributed by atoms with Crippen LogP contribution in [0.15, 0.2) is 42.5 Å². The highest BCUT2D eigenvalue weighted by atomic mass is 32.2. The van der Waals surface area contributed by atoms with Crippen molar-refractivity contribution in [1.29, 1.82) is 0 Å². The largest absolute Gasteiger partial charge is 0.350 e. The molecule has 0 aliphatic carbocycles. The zero-order valence-corrected chi connectivity index (χ0v) is 21.0. The summed E-state index contributed by atoms with van der Waals surface area (Å²) in [5, 5.41) is 5.54. The molecule has 0 radical (unpaired) electrons. The van der Waals surface area contributed by atoms with E-state index in [9.17, 15) is 18.6 Å². The predicted octanol–water partition coefficient (Wildman–Crippen LogP) is 3.25. The van der Waals surface area contributed by atoms with E-state index in [0.717, 1.165) is 16.7 Å². The van der Waals surface area contributed by atoms with Gasteiger partial charge in [-0.05, 0) is 65.3 Å². The molecule has 178 valence electrons. The van der Waals surface area contributed by atoms with E-state index >= 15 is 0 Å². The quantitative estimate of drug-likeness (QED) is 0.618. The molecule has 33 heavy (non-hydrogen) atoms. The molecular formula is C25H33N3O4S. The average Bonchev–Trinajstić information content (AvgIpc) is 2.66. The molecular weight excluding hydrogens is 438 g/mol. The van der Waals surface area contributed by atoms with Crippen molar-refractivity contribution in [2.45, 2.75) is 47.1 Å². The number of carbonyl (C=O) groups is 3. The smallest absolute Gasteiger partial charge is 0.240 e. The van der Waals surface area contributed by atoms with E-state index in [1.54, 1.807) is 18.2 Å². The molecule has 0 saturated heterocycles. The van der Waals surface area contributed by atoms with Gasteiger partial charge in [0.1, 0.15) is 18.1 Å². The predicted molar refractivity (Wildman–Crippen MR) is 134 cm³/mol. The summed E-state index contributed by atoms with van der Waals surface area (Å²) < 4.78 is 12.6. The van der Waals surface area contributed by atoms with Crippen LogP contribution in [0.5, 0.6) is 0 Å². The lowest BCUT2D eigenvalue weighted by molar-refractivity contribution is -0.124. The summed E-state index contributed by atoms with van der Waals surface area (Å²) >= 11 is 0. The molecule has 8 heteroatoms. The maximum Gasteiger partial charge on any atom is 0.240 e. The van der Waals surface area contributed by atoms with Gasteiger partial charge in [0.15, 0.2) is 0 Å². The molecule has 1 unspecified atom stereocenters. The van der Waals surface area contributed by atoms with Crippen molar-refractivity contribution in [3.8, 4) is 0 Å². The third-order valence-corrected chi connectivity index (χ3v) is 5.83. The first-order chi connectivity index (χ1) is 15.3. The number of aryl methyl sites for hydroxylation is 3. The molecule has 1 atom stereocenters. The van der Waals surface area contributed by atoms with Gasteiger partial charge in [0.05, 0.1) is 0 Å². The van der Waals surface area contributed by atoms with Gasteiger partial charge in [0, 0.05) is 27.7 Å². The molecule has 0 bridgehead atoms. The summed E-state index contributed by atoms with van der Waals surface area (Å²) in [7, 11) is -1.73. The fourth-order valence-corrected chi connectivity index (χ4v) is 4.16. The van der Waals surface area contributed by atoms with E-state index in [1.807, 2.05) is 65.8 Å². The van der Waals surface area contributed by atoms with E-state index in [0.29, 0.717) is 11.4 Å². The molecule has 0 fully saturated rings. The lowest BCUT2D eigenvalue weighted by Crippen LogP contribution is -2.48. The van der Waals surface area contributed by atoms with Gasteiger partial charge in [-0.3, -0.25) is 18.6 Å². The Balaban J connectivity index is 2.11. The Hall–Kier alpha value is -3.00. The molecule has 2 aromatic rings. The number of nitrogens with one attached hydrogen (secondary N) is 2. The van der Waals surface area contributed by atoms with Gasteiger partial charge < -0.3 is 15.5 Å². The zero-order valence-electron chi connectivity index (χ0n) is 20.2. The van der Waals surface area contributed by atoms with E-state index < -0.39 is 28.2 Å². The Morgan fingerprint density at radius 3 is 2.06 bits per heavy atom. The Kier molecular flexibility index (Phi) is 8.93. The van der Waals surface area contributed by atoms with Crippen molar-refractivity contribution in [3.63, 3.8) is 0 Å². The third kappa shape index (κ3) is 8.81. The van der Waals surface area contributed by atoms with Crippen molar-refractivity contribution < 1.29 is 18.6 Å². The molecule has 2 N–H and O–H groups in total. The van der Waals surface area contributed by atoms with Crippen LogP contribution in [0.2, 0.25) is 0 Å². The Labute approximate surface area is 198 Å². The van der Waals surface area contributed by atoms with Crippen LogP contribution in [0.25, 0.3) is 0 Å². The van der Waals surface area contributed by atoms with Crippen molar-refractivity contribution in [2.75, 3.05) is 28.3 Å². The molecule has 2 aromatic carbocycles. The maximum absolute atomic E-state index is 13.1. The minimum atomic E-state index is -1.73. The van der Waals surface area contributed by atoms with Crippen molar-refractivity contribution >= 4 is 39.9 Å². The van der Waals surface area contributed by atoms with Gasteiger partial charge in [-0.15, -0.1) is 0 Å². The van der Waals surface area contributed by atoms with Gasteiger partial charge >= 0.3 is 0 Å². The number of amides is 3. The number of hydrogen-bond acceptors (Lipinski definition) is 4. The van der Waals surface area contributed by atoms with Crippen LogP contribution < -0.4 is 15.5 Å². The lowest BCUT2D eigenvalue weighted by Gasteiger charge is -2.27. The first-order valence-electron chi connectivity index (χ1n) is 10.7. The first kappa shape index (κ1) is 26.3. The summed E-state index contributed by atoms with van der Waals surface area (Å²) in [5.41, 5.74) is 3.64. The normalized spacial score (nSPS) is 12.1. The molecule has 7 nitrogen and oxygen atoms in total. The summed E-state index contributed by atoms with van der Waals surface area (Å²) in [4.78, 5) is 39.3. The summed E-state index contributed by atoms with van der Waals surface area (Å²) in [6.45, 7) is 11.1. The Morgan fingerprint density at radius 1 is 0.879 bits per heavy atom. The topological polar surface area (TPSA) is 95.6 Å². The fraction of sp³-hybridized carbons (Fsp3) is 0.400. The Morgan fingerprint density at radius 2 is 1.48 bits per heavy atom. The second-order valence-corrected chi connectivity index (χ2v) is 10.7. The van der Waals surface area contributed by atoms with Crippen molar-refractivity contribution in [3.05, 3.63) is 59.2 Å². The van der Waals surface area contributed by atoms with Crippen LogP contribution in [-0.4, -0.2) is 45.5 Å². The number of hydrogen-bond donors (Lipinski definition) is 2. The van der Waals surface area contributed by atoms with Gasteiger partial charge in [-0.2, -0.15) is 0 Å². The first-order valence-corrected chi connectivity index (χ1v) is 12.2. The van der Waals surface area contributed by atoms with E-state index in [2.05, 4.69) is 10.6 Å². The van der Waals surface area contributed by atoms with E-state index in [1.165, 1.54) is 4.90 Å². The molecule has 3 amide bonds. The standard InChI is InChI=1S/C25H33N3O4S/c1-17-7-10-20(11-8-17)26-23(30)15-33(32)16-24(31)28(14-22(29)27-25(4,5)6)21-12-9-18(2)13-19(21)3/h7-13H,14-16H2,1-6H3,(H,26,30)(H,27,29). The minimum absolute atomic E-state index is 0.202. The third-order valence-electron chi connectivity index (χ3n) is 4.67. The SMILES string of the molecule is Cc1ccc(NC(=O)CS(=O)CC(=O)N(CC(=O)NC(C)(C)C)c2ccc(C)cc2C)cc1. The van der Waals surface area contributed by atoms with E-state index in [-0.39, 0.29) is 24.0 Å². The highest BCUT2D eigenvalue weighted by molar-refractivity contribution is 7.86. The molecule has 0 aromatic heterocycles. The molecule has 0 aliphatic rings. The van der Waals surface area contributed by atoms with Crippen LogP contribution in [0.1, 0.15) is 37.5 Å². The van der Waals surface area contributed by atoms with Crippen LogP contribution in [0.3, 0.4) is 0 Å². The summed E-state index contributed by atoms with van der Waals surface area (Å²) in [5.74, 6) is -1.91. The number of benzene rings is 2. The van der Waals surface area contributed by atoms with Crippen LogP contribution >= 0.6 is 0 Å². The molecule has 0 heterocycles. The maximum atomic E-state index is 13.1. The number of carbonyl (C=O) groups excluding carboxylic acids is 3.